The summed E-state index contributed by atoms with van der Waals surface area (Å²) < 4.78 is 17.4. The molecule has 376 valence electrons. The molecule has 0 amide bonds. The van der Waals surface area contributed by atoms with Crippen LogP contribution in [0.3, 0.4) is 0 Å². The smallest absolute Gasteiger partial charge is 0.306 e. The molecule has 0 radical (unpaired) electrons. The van der Waals surface area contributed by atoms with E-state index in [4.69, 9.17) is 14.2 Å². The van der Waals surface area contributed by atoms with Crippen molar-refractivity contribution < 1.29 is 23.8 Å². The lowest BCUT2D eigenvalue weighted by atomic mass is 10.1. The molecule has 0 aromatic rings. The Bertz CT molecular complexity index is 1310. The van der Waals surface area contributed by atoms with Gasteiger partial charge in [-0.05, 0) is 109 Å². The summed E-state index contributed by atoms with van der Waals surface area (Å²) in [4.78, 5) is 25.4. The quantitative estimate of drug-likeness (QED) is 0.0346. The maximum Gasteiger partial charge on any atom is 0.306 e. The first kappa shape index (κ1) is 62.6. The van der Waals surface area contributed by atoms with Crippen molar-refractivity contribution in [2.45, 2.75) is 245 Å². The monoisotopic (exact) mass is 915 g/mol. The summed E-state index contributed by atoms with van der Waals surface area (Å²) in [5.41, 5.74) is 0. The minimum absolute atomic E-state index is 0.0424. The molecular formula is C61H102O5. The summed E-state index contributed by atoms with van der Waals surface area (Å²) in [6.45, 7) is 7.50. The Hall–Kier alpha value is -3.44. The molecule has 5 heteroatoms. The maximum atomic E-state index is 12.8. The molecule has 0 aromatic heterocycles. The molecule has 1 unspecified atom stereocenters. The summed E-state index contributed by atoms with van der Waals surface area (Å²) in [5.74, 6) is -0.511. The molecule has 0 heterocycles. The highest BCUT2D eigenvalue weighted by Gasteiger charge is 2.17. The molecule has 0 fully saturated rings. The van der Waals surface area contributed by atoms with Crippen LogP contribution in [0.25, 0.3) is 0 Å². The zero-order valence-corrected chi connectivity index (χ0v) is 43.2. The molecule has 0 N–H and O–H groups in total. The number of allylic oxidation sites excluding steroid dienone is 18. The second kappa shape index (κ2) is 55.9. The second-order valence-corrected chi connectivity index (χ2v) is 17.7. The van der Waals surface area contributed by atoms with Gasteiger partial charge in [-0.25, -0.2) is 0 Å². The van der Waals surface area contributed by atoms with E-state index in [-0.39, 0.29) is 31.6 Å². The van der Waals surface area contributed by atoms with Crippen LogP contribution < -0.4 is 0 Å². The van der Waals surface area contributed by atoms with Crippen LogP contribution in [-0.4, -0.2) is 37.9 Å². The molecule has 0 bridgehead atoms. The van der Waals surface area contributed by atoms with Crippen LogP contribution in [0, 0.1) is 0 Å². The minimum atomic E-state index is -0.588. The van der Waals surface area contributed by atoms with Gasteiger partial charge in [0, 0.05) is 19.4 Å². The van der Waals surface area contributed by atoms with Gasteiger partial charge in [-0.2, -0.15) is 0 Å². The molecule has 0 saturated carbocycles. The fraction of sp³-hybridized carbons (Fsp3) is 0.672. The molecule has 1 atom stereocenters. The van der Waals surface area contributed by atoms with E-state index in [0.717, 1.165) is 89.9 Å². The van der Waals surface area contributed by atoms with E-state index in [9.17, 15) is 9.59 Å². The molecule has 0 aromatic carbocycles. The van der Waals surface area contributed by atoms with E-state index in [0.29, 0.717) is 19.4 Å². The summed E-state index contributed by atoms with van der Waals surface area (Å²) in [5, 5.41) is 0. The van der Waals surface area contributed by atoms with Crippen molar-refractivity contribution in [2.24, 2.45) is 0 Å². The zero-order valence-electron chi connectivity index (χ0n) is 43.2. The highest BCUT2D eigenvalue weighted by Crippen LogP contribution is 2.13. The van der Waals surface area contributed by atoms with Gasteiger partial charge in [0.25, 0.3) is 0 Å². The SMILES string of the molecule is CC/C=C\C/C=C\C/C=C\C/C=C\CCCCCCCCC(=O)OCC(COCCCCCCCCCC/C=C\CCCCCCCC)OC(=O)CC/C=C\C/C=C\C/C=C\C/C=C\CC. The van der Waals surface area contributed by atoms with Gasteiger partial charge in [0.05, 0.1) is 6.61 Å². The Morgan fingerprint density at radius 3 is 1.17 bits per heavy atom. The van der Waals surface area contributed by atoms with E-state index in [1.807, 2.05) is 6.08 Å². The zero-order chi connectivity index (χ0) is 47.7. The third kappa shape index (κ3) is 53.2. The topological polar surface area (TPSA) is 61.8 Å². The third-order valence-corrected chi connectivity index (χ3v) is 11.3. The third-order valence-electron chi connectivity index (χ3n) is 11.3. The Morgan fingerprint density at radius 1 is 0.348 bits per heavy atom. The normalized spacial score (nSPS) is 13.1. The predicted molar refractivity (Wildman–Crippen MR) is 288 cm³/mol. The molecular weight excluding hydrogens is 813 g/mol. The molecule has 0 rings (SSSR count). The Kier molecular flexibility index (Phi) is 53.0. The van der Waals surface area contributed by atoms with Crippen LogP contribution in [0.5, 0.6) is 0 Å². The van der Waals surface area contributed by atoms with Crippen LogP contribution in [0.15, 0.2) is 109 Å². The molecule has 0 aliphatic carbocycles. The highest BCUT2D eigenvalue weighted by atomic mass is 16.6. The van der Waals surface area contributed by atoms with E-state index >= 15 is 0 Å². The summed E-state index contributed by atoms with van der Waals surface area (Å²) in [6.07, 6.45) is 76.9. The summed E-state index contributed by atoms with van der Waals surface area (Å²) in [6, 6.07) is 0. The van der Waals surface area contributed by atoms with Crippen molar-refractivity contribution >= 4 is 11.9 Å². The lowest BCUT2D eigenvalue weighted by molar-refractivity contribution is -0.162. The lowest BCUT2D eigenvalue weighted by Gasteiger charge is -2.18. The fourth-order valence-corrected chi connectivity index (χ4v) is 7.27. The van der Waals surface area contributed by atoms with Crippen LogP contribution in [-0.2, 0) is 23.8 Å². The minimum Gasteiger partial charge on any atom is -0.462 e. The Morgan fingerprint density at radius 2 is 0.712 bits per heavy atom. The molecule has 0 aliphatic heterocycles. The van der Waals surface area contributed by atoms with E-state index < -0.39 is 6.10 Å². The van der Waals surface area contributed by atoms with Crippen molar-refractivity contribution in [1.29, 1.82) is 0 Å². The summed E-state index contributed by atoms with van der Waals surface area (Å²) >= 11 is 0. The average Bonchev–Trinajstić information content (AvgIpc) is 3.32. The number of unbranched alkanes of at least 4 members (excludes halogenated alkanes) is 20. The van der Waals surface area contributed by atoms with E-state index in [1.54, 1.807) is 0 Å². The van der Waals surface area contributed by atoms with Gasteiger partial charge in [-0.1, -0.05) is 226 Å². The number of carbonyl (C=O) groups is 2. The van der Waals surface area contributed by atoms with Crippen molar-refractivity contribution in [3.8, 4) is 0 Å². The number of carbonyl (C=O) groups excluding carboxylic acids is 2. The van der Waals surface area contributed by atoms with Gasteiger partial charge in [-0.15, -0.1) is 0 Å². The number of hydrogen-bond acceptors (Lipinski definition) is 5. The summed E-state index contributed by atoms with van der Waals surface area (Å²) in [7, 11) is 0. The number of esters is 2. The number of rotatable bonds is 49. The first-order valence-electron chi connectivity index (χ1n) is 27.4. The number of hydrogen-bond donors (Lipinski definition) is 0. The molecule has 66 heavy (non-hydrogen) atoms. The van der Waals surface area contributed by atoms with Crippen LogP contribution >= 0.6 is 0 Å². The average molecular weight is 915 g/mol. The van der Waals surface area contributed by atoms with Crippen molar-refractivity contribution in [3.05, 3.63) is 109 Å². The first-order valence-corrected chi connectivity index (χ1v) is 27.4. The molecule has 5 nitrogen and oxygen atoms in total. The van der Waals surface area contributed by atoms with Gasteiger partial charge in [0.15, 0.2) is 6.10 Å². The lowest BCUT2D eigenvalue weighted by Crippen LogP contribution is -2.30. The Balaban J connectivity index is 4.36. The highest BCUT2D eigenvalue weighted by molar-refractivity contribution is 5.70. The van der Waals surface area contributed by atoms with E-state index in [1.165, 1.54) is 109 Å². The molecule has 0 aliphatic rings. The van der Waals surface area contributed by atoms with Gasteiger partial charge in [0.2, 0.25) is 0 Å². The van der Waals surface area contributed by atoms with Crippen molar-refractivity contribution in [3.63, 3.8) is 0 Å². The number of ether oxygens (including phenoxy) is 3. The van der Waals surface area contributed by atoms with Gasteiger partial charge < -0.3 is 14.2 Å². The molecule has 0 saturated heterocycles. The first-order chi connectivity index (χ1) is 32.6. The van der Waals surface area contributed by atoms with Crippen LogP contribution in [0.4, 0.5) is 0 Å². The second-order valence-electron chi connectivity index (χ2n) is 17.7. The molecule has 0 spiro atoms. The van der Waals surface area contributed by atoms with Gasteiger partial charge in [0.1, 0.15) is 6.61 Å². The van der Waals surface area contributed by atoms with Crippen LogP contribution in [0.1, 0.15) is 239 Å². The largest absolute Gasteiger partial charge is 0.462 e. The Labute approximate surface area is 408 Å². The van der Waals surface area contributed by atoms with Crippen molar-refractivity contribution in [1.82, 2.24) is 0 Å². The van der Waals surface area contributed by atoms with E-state index in [2.05, 4.69) is 124 Å². The van der Waals surface area contributed by atoms with Gasteiger partial charge >= 0.3 is 11.9 Å². The predicted octanol–water partition coefficient (Wildman–Crippen LogP) is 18.8. The maximum absolute atomic E-state index is 12.8. The van der Waals surface area contributed by atoms with Gasteiger partial charge in [-0.3, -0.25) is 9.59 Å². The van der Waals surface area contributed by atoms with Crippen LogP contribution in [0.2, 0.25) is 0 Å². The fourth-order valence-electron chi connectivity index (χ4n) is 7.27. The standard InChI is InChI=1S/C61H102O5/c1-4-7-10-13-16-19-22-25-27-29-31-32-34-37-39-42-45-48-51-54-60(62)65-58-59(66-61(63)55-52-49-46-43-40-36-24-21-18-15-12-9-6-3)57-64-56-53-50-47-44-41-38-35-33-30-28-26-23-20-17-14-11-8-5-2/h7,9-10,12,16,18-19,21,25-28,31-32,36,40,46,49,59H,4-6,8,11,13-15,17,20,22-24,29-30,33-35,37-39,41-45,47-48,50-58H2,1-3H3/b10-7-,12-9-,19-16-,21-18-,27-25-,28-26-,32-31-,40-36-,49-46-. The van der Waals surface area contributed by atoms with Crippen molar-refractivity contribution in [2.75, 3.05) is 19.8 Å².